The van der Waals surface area contributed by atoms with Crippen molar-refractivity contribution >= 4 is 5.69 Å². The minimum absolute atomic E-state index is 0.463. The SMILES string of the molecule is CNc1ccc2c(c1)OCC[C@H]2CN. The molecule has 1 aromatic carbocycles. The summed E-state index contributed by atoms with van der Waals surface area (Å²) in [4.78, 5) is 0. The monoisotopic (exact) mass is 192 g/mol. The van der Waals surface area contributed by atoms with Crippen LogP contribution in [-0.4, -0.2) is 20.2 Å². The van der Waals surface area contributed by atoms with Crippen LogP contribution in [0.5, 0.6) is 5.75 Å². The Balaban J connectivity index is 2.35. The van der Waals surface area contributed by atoms with Crippen LogP contribution < -0.4 is 15.8 Å². The Hall–Kier alpha value is -1.22. The summed E-state index contributed by atoms with van der Waals surface area (Å²) in [5, 5.41) is 3.10. The van der Waals surface area contributed by atoms with Gasteiger partial charge in [0.25, 0.3) is 0 Å². The van der Waals surface area contributed by atoms with E-state index in [1.54, 1.807) is 0 Å². The minimum atomic E-state index is 0.463. The van der Waals surface area contributed by atoms with Crippen molar-refractivity contribution in [2.24, 2.45) is 5.73 Å². The van der Waals surface area contributed by atoms with E-state index in [1.165, 1.54) is 5.56 Å². The summed E-state index contributed by atoms with van der Waals surface area (Å²) >= 11 is 0. The number of ether oxygens (including phenoxy) is 1. The predicted octanol–water partition coefficient (Wildman–Crippen LogP) is 1.55. The van der Waals surface area contributed by atoms with Gasteiger partial charge in [-0.2, -0.15) is 0 Å². The molecule has 3 N–H and O–H groups in total. The van der Waals surface area contributed by atoms with Gasteiger partial charge in [-0.1, -0.05) is 6.07 Å². The van der Waals surface area contributed by atoms with Gasteiger partial charge in [0.2, 0.25) is 0 Å². The molecule has 1 heterocycles. The van der Waals surface area contributed by atoms with Crippen LogP contribution in [0.15, 0.2) is 18.2 Å². The van der Waals surface area contributed by atoms with E-state index in [2.05, 4.69) is 17.4 Å². The van der Waals surface area contributed by atoms with Gasteiger partial charge in [-0.05, 0) is 24.6 Å². The molecule has 76 valence electrons. The zero-order chi connectivity index (χ0) is 9.97. The van der Waals surface area contributed by atoms with Crippen LogP contribution in [-0.2, 0) is 0 Å². The van der Waals surface area contributed by atoms with Crippen LogP contribution in [0.2, 0.25) is 0 Å². The Bertz CT molecular complexity index is 325. The molecule has 0 amide bonds. The first-order valence-electron chi connectivity index (χ1n) is 4.99. The highest BCUT2D eigenvalue weighted by Gasteiger charge is 2.19. The highest BCUT2D eigenvalue weighted by molar-refractivity contribution is 5.53. The average molecular weight is 192 g/mol. The van der Waals surface area contributed by atoms with Crippen molar-refractivity contribution in [1.29, 1.82) is 0 Å². The summed E-state index contributed by atoms with van der Waals surface area (Å²) in [6.07, 6.45) is 1.03. The summed E-state index contributed by atoms with van der Waals surface area (Å²) < 4.78 is 5.60. The van der Waals surface area contributed by atoms with Crippen molar-refractivity contribution in [1.82, 2.24) is 0 Å². The second kappa shape index (κ2) is 3.88. The molecule has 0 spiro atoms. The molecule has 1 aliphatic rings. The number of nitrogens with one attached hydrogen (secondary N) is 1. The summed E-state index contributed by atoms with van der Waals surface area (Å²) in [5.41, 5.74) is 8.05. The van der Waals surface area contributed by atoms with E-state index in [9.17, 15) is 0 Å². The van der Waals surface area contributed by atoms with E-state index in [0.717, 1.165) is 24.5 Å². The lowest BCUT2D eigenvalue weighted by Crippen LogP contribution is -2.20. The van der Waals surface area contributed by atoms with Crippen molar-refractivity contribution in [2.45, 2.75) is 12.3 Å². The van der Waals surface area contributed by atoms with Crippen LogP contribution in [0.25, 0.3) is 0 Å². The van der Waals surface area contributed by atoms with Crippen LogP contribution in [0.3, 0.4) is 0 Å². The van der Waals surface area contributed by atoms with Gasteiger partial charge in [0.05, 0.1) is 6.61 Å². The average Bonchev–Trinajstić information content (AvgIpc) is 2.27. The quantitative estimate of drug-likeness (QED) is 0.747. The molecule has 1 aromatic rings. The lowest BCUT2D eigenvalue weighted by molar-refractivity contribution is 0.269. The second-order valence-electron chi connectivity index (χ2n) is 3.57. The maximum Gasteiger partial charge on any atom is 0.124 e. The Morgan fingerprint density at radius 2 is 2.43 bits per heavy atom. The predicted molar refractivity (Wildman–Crippen MR) is 57.9 cm³/mol. The molecule has 0 aromatic heterocycles. The van der Waals surface area contributed by atoms with Gasteiger partial charge in [0, 0.05) is 24.7 Å². The molecule has 0 saturated heterocycles. The van der Waals surface area contributed by atoms with Gasteiger partial charge >= 0.3 is 0 Å². The first-order chi connectivity index (χ1) is 6.85. The smallest absolute Gasteiger partial charge is 0.124 e. The molecular weight excluding hydrogens is 176 g/mol. The van der Waals surface area contributed by atoms with Gasteiger partial charge in [0.1, 0.15) is 5.75 Å². The molecule has 0 bridgehead atoms. The normalized spacial score (nSPS) is 19.7. The Kier molecular flexibility index (Phi) is 2.59. The van der Waals surface area contributed by atoms with Crippen molar-refractivity contribution in [3.8, 4) is 5.75 Å². The van der Waals surface area contributed by atoms with E-state index in [-0.39, 0.29) is 0 Å². The van der Waals surface area contributed by atoms with Gasteiger partial charge in [0.15, 0.2) is 0 Å². The number of fused-ring (bicyclic) bond motifs is 1. The molecule has 0 unspecified atom stereocenters. The molecule has 3 nitrogen and oxygen atoms in total. The molecule has 0 fully saturated rings. The Morgan fingerprint density at radius 1 is 1.57 bits per heavy atom. The fourth-order valence-corrected chi connectivity index (χ4v) is 1.86. The minimum Gasteiger partial charge on any atom is -0.493 e. The van der Waals surface area contributed by atoms with Crippen LogP contribution in [0, 0.1) is 0 Å². The summed E-state index contributed by atoms with van der Waals surface area (Å²) in [6.45, 7) is 1.48. The third-order valence-electron chi connectivity index (χ3n) is 2.75. The molecule has 3 heteroatoms. The molecule has 1 aliphatic heterocycles. The molecule has 2 rings (SSSR count). The highest BCUT2D eigenvalue weighted by atomic mass is 16.5. The molecule has 0 aliphatic carbocycles. The van der Waals surface area contributed by atoms with Crippen LogP contribution in [0.1, 0.15) is 17.9 Å². The Labute approximate surface area is 84.3 Å². The van der Waals surface area contributed by atoms with Gasteiger partial charge in [-0.3, -0.25) is 0 Å². The maximum absolute atomic E-state index is 5.72. The number of rotatable bonds is 2. The number of hydrogen-bond acceptors (Lipinski definition) is 3. The third kappa shape index (κ3) is 1.55. The Morgan fingerprint density at radius 3 is 3.14 bits per heavy atom. The lowest BCUT2D eigenvalue weighted by Gasteiger charge is -2.25. The van der Waals surface area contributed by atoms with E-state index < -0.39 is 0 Å². The third-order valence-corrected chi connectivity index (χ3v) is 2.75. The lowest BCUT2D eigenvalue weighted by atomic mass is 9.93. The van der Waals surface area contributed by atoms with Crippen LogP contribution >= 0.6 is 0 Å². The number of nitrogens with two attached hydrogens (primary N) is 1. The second-order valence-corrected chi connectivity index (χ2v) is 3.57. The number of benzene rings is 1. The van der Waals surface area contributed by atoms with Crippen molar-refractivity contribution < 1.29 is 4.74 Å². The van der Waals surface area contributed by atoms with Crippen molar-refractivity contribution in [3.63, 3.8) is 0 Å². The van der Waals surface area contributed by atoms with Gasteiger partial charge in [-0.15, -0.1) is 0 Å². The van der Waals surface area contributed by atoms with Crippen molar-refractivity contribution in [3.05, 3.63) is 23.8 Å². The summed E-state index contributed by atoms with van der Waals surface area (Å²) in [6, 6.07) is 6.21. The van der Waals surface area contributed by atoms with E-state index in [0.29, 0.717) is 12.5 Å². The number of anilines is 1. The zero-order valence-corrected chi connectivity index (χ0v) is 8.42. The molecule has 1 atom stereocenters. The van der Waals surface area contributed by atoms with Gasteiger partial charge in [-0.25, -0.2) is 0 Å². The molecule has 14 heavy (non-hydrogen) atoms. The topological polar surface area (TPSA) is 47.3 Å². The molecule has 0 radical (unpaired) electrons. The van der Waals surface area contributed by atoms with Crippen LogP contribution in [0.4, 0.5) is 5.69 Å². The fourth-order valence-electron chi connectivity index (χ4n) is 1.86. The van der Waals surface area contributed by atoms with E-state index >= 15 is 0 Å². The summed E-state index contributed by atoms with van der Waals surface area (Å²) in [7, 11) is 1.91. The molecule has 0 saturated carbocycles. The van der Waals surface area contributed by atoms with E-state index in [1.807, 2.05) is 13.1 Å². The first-order valence-corrected chi connectivity index (χ1v) is 4.99. The summed E-state index contributed by atoms with van der Waals surface area (Å²) in [5.74, 6) is 1.45. The van der Waals surface area contributed by atoms with Crippen molar-refractivity contribution in [2.75, 3.05) is 25.5 Å². The van der Waals surface area contributed by atoms with E-state index in [4.69, 9.17) is 10.5 Å². The standard InChI is InChI=1S/C11H16N2O/c1-13-9-2-3-10-8(7-12)4-5-14-11(10)6-9/h2-3,6,8,13H,4-5,7,12H2,1H3/t8-/m0/s1. The van der Waals surface area contributed by atoms with Gasteiger partial charge < -0.3 is 15.8 Å². The molecular formula is C11H16N2O. The first kappa shape index (κ1) is 9.34. The maximum atomic E-state index is 5.72. The zero-order valence-electron chi connectivity index (χ0n) is 8.42. The highest BCUT2D eigenvalue weighted by Crippen LogP contribution is 2.34. The number of hydrogen-bond donors (Lipinski definition) is 2. The fraction of sp³-hybridized carbons (Fsp3) is 0.455. The largest absolute Gasteiger partial charge is 0.493 e.